The first-order valence-corrected chi connectivity index (χ1v) is 12.6. The zero-order chi connectivity index (χ0) is 24.3. The maximum Gasteiger partial charge on any atom is 0.224 e. The van der Waals surface area contributed by atoms with E-state index < -0.39 is 12.4 Å². The smallest absolute Gasteiger partial charge is 0.224 e. The maximum absolute atomic E-state index is 13.7. The van der Waals surface area contributed by atoms with E-state index >= 15 is 0 Å². The minimum Gasteiger partial charge on any atom is -0.374 e. The summed E-state index contributed by atoms with van der Waals surface area (Å²) in [6, 6.07) is 0. The number of rotatable bonds is 4. The fourth-order valence-corrected chi connectivity index (χ4v) is 5.99. The number of pyridine rings is 1. The minimum atomic E-state index is -0.903. The van der Waals surface area contributed by atoms with Gasteiger partial charge in [-0.25, -0.2) is 19.3 Å². The Balaban J connectivity index is 1.39. The number of fused-ring (bicyclic) bond motifs is 6. The highest BCUT2D eigenvalue weighted by Crippen LogP contribution is 2.42. The Morgan fingerprint density at radius 3 is 2.91 bits per heavy atom. The van der Waals surface area contributed by atoms with Gasteiger partial charge < -0.3 is 15.4 Å². The number of aromatic amines is 1. The molecule has 0 spiro atoms. The zero-order valence-corrected chi connectivity index (χ0v) is 20.6. The van der Waals surface area contributed by atoms with Crippen LogP contribution in [-0.2, 0) is 32.2 Å². The fraction of sp³-hybridized carbons (Fsp3) is 0.480. The molecule has 10 heteroatoms. The second kappa shape index (κ2) is 8.81. The molecule has 184 valence electrons. The third-order valence-corrected chi connectivity index (χ3v) is 7.54. The molecule has 0 saturated heterocycles. The van der Waals surface area contributed by atoms with Crippen LogP contribution >= 0.6 is 11.6 Å². The van der Waals surface area contributed by atoms with E-state index in [0.717, 1.165) is 71.7 Å². The molecule has 4 N–H and O–H groups in total. The highest BCUT2D eigenvalue weighted by Gasteiger charge is 2.31. The average Bonchev–Trinajstić information content (AvgIpc) is 3.20. The van der Waals surface area contributed by atoms with Gasteiger partial charge in [-0.3, -0.25) is 10.2 Å². The molecule has 0 radical (unpaired) electrons. The number of aliphatic hydroxyl groups is 1. The van der Waals surface area contributed by atoms with Gasteiger partial charge in [-0.05, 0) is 49.4 Å². The summed E-state index contributed by atoms with van der Waals surface area (Å²) in [4.78, 5) is 19.4. The van der Waals surface area contributed by atoms with E-state index in [1.54, 1.807) is 6.92 Å². The zero-order valence-electron chi connectivity index (χ0n) is 19.9. The topological polar surface area (TPSA) is 102 Å². The molecular weight excluding hydrogens is 469 g/mol. The summed E-state index contributed by atoms with van der Waals surface area (Å²) in [6.07, 6.45) is 3.70. The summed E-state index contributed by atoms with van der Waals surface area (Å²) in [5.41, 5.74) is 9.54. The maximum atomic E-state index is 13.7. The van der Waals surface area contributed by atoms with Crippen molar-refractivity contribution in [2.24, 2.45) is 0 Å². The van der Waals surface area contributed by atoms with Crippen molar-refractivity contribution in [3.63, 3.8) is 0 Å². The Labute approximate surface area is 208 Å². The predicted octanol–water partition coefficient (Wildman–Crippen LogP) is 3.52. The molecule has 3 aromatic rings. The van der Waals surface area contributed by atoms with Crippen LogP contribution in [-0.4, -0.2) is 55.7 Å². The average molecular weight is 498 g/mol. The monoisotopic (exact) mass is 497 g/mol. The number of anilines is 2. The second-order valence-electron chi connectivity index (χ2n) is 9.77. The van der Waals surface area contributed by atoms with Crippen LogP contribution in [0.25, 0.3) is 11.3 Å². The Hall–Kier alpha value is -2.59. The van der Waals surface area contributed by atoms with Crippen LogP contribution in [0.5, 0.6) is 0 Å². The van der Waals surface area contributed by atoms with Crippen molar-refractivity contribution >= 4 is 23.2 Å². The molecule has 3 aliphatic rings. The summed E-state index contributed by atoms with van der Waals surface area (Å²) < 4.78 is 13.7. The lowest BCUT2D eigenvalue weighted by Crippen LogP contribution is -2.35. The molecule has 2 atom stereocenters. The SMILES string of the molecule is Cc1c(Nc2nc(Cl)nc3c2CN(CC(C)F)CC3)ncc2c1-c1[nH]c3c(c1CC2)C(O)NCC3. The summed E-state index contributed by atoms with van der Waals surface area (Å²) in [7, 11) is 0. The minimum absolute atomic E-state index is 0.190. The largest absolute Gasteiger partial charge is 0.374 e. The van der Waals surface area contributed by atoms with Crippen LogP contribution in [0.15, 0.2) is 6.20 Å². The lowest BCUT2D eigenvalue weighted by atomic mass is 9.86. The molecular formula is C25H29ClFN7O. The molecule has 0 amide bonds. The third kappa shape index (κ3) is 4.00. The van der Waals surface area contributed by atoms with E-state index in [-0.39, 0.29) is 5.28 Å². The van der Waals surface area contributed by atoms with Crippen LogP contribution in [0.1, 0.15) is 52.4 Å². The Kier molecular flexibility index (Phi) is 5.75. The van der Waals surface area contributed by atoms with Crippen molar-refractivity contribution in [3.8, 4) is 11.3 Å². The van der Waals surface area contributed by atoms with Gasteiger partial charge in [0.05, 0.1) is 11.4 Å². The number of nitrogens with one attached hydrogen (secondary N) is 3. The predicted molar refractivity (Wildman–Crippen MR) is 133 cm³/mol. The van der Waals surface area contributed by atoms with Gasteiger partial charge >= 0.3 is 0 Å². The quantitative estimate of drug-likeness (QED) is 0.409. The lowest BCUT2D eigenvalue weighted by molar-refractivity contribution is 0.131. The first kappa shape index (κ1) is 22.8. The van der Waals surface area contributed by atoms with Crippen LogP contribution < -0.4 is 10.6 Å². The summed E-state index contributed by atoms with van der Waals surface area (Å²) in [5, 5.41) is 17.4. The number of alkyl halides is 1. The van der Waals surface area contributed by atoms with Gasteiger partial charge in [0, 0.05) is 73.2 Å². The van der Waals surface area contributed by atoms with Crippen molar-refractivity contribution in [2.75, 3.05) is 25.0 Å². The van der Waals surface area contributed by atoms with Gasteiger partial charge in [0.25, 0.3) is 0 Å². The molecule has 2 unspecified atom stereocenters. The van der Waals surface area contributed by atoms with E-state index in [9.17, 15) is 9.50 Å². The van der Waals surface area contributed by atoms with Crippen LogP contribution in [0, 0.1) is 6.92 Å². The molecule has 0 fully saturated rings. The molecule has 5 heterocycles. The molecule has 0 aromatic carbocycles. The van der Waals surface area contributed by atoms with Crippen LogP contribution in [0.4, 0.5) is 16.0 Å². The Bertz CT molecular complexity index is 1310. The molecule has 3 aromatic heterocycles. The van der Waals surface area contributed by atoms with Gasteiger partial charge in [-0.2, -0.15) is 0 Å². The van der Waals surface area contributed by atoms with Crippen LogP contribution in [0.2, 0.25) is 5.28 Å². The summed E-state index contributed by atoms with van der Waals surface area (Å²) in [6.45, 7) is 6.06. The number of hydrogen-bond acceptors (Lipinski definition) is 7. The highest BCUT2D eigenvalue weighted by atomic mass is 35.5. The molecule has 0 bridgehead atoms. The van der Waals surface area contributed by atoms with Gasteiger partial charge in [-0.15, -0.1) is 0 Å². The van der Waals surface area contributed by atoms with E-state index in [0.29, 0.717) is 31.1 Å². The van der Waals surface area contributed by atoms with Crippen molar-refractivity contribution < 1.29 is 9.50 Å². The molecule has 8 nitrogen and oxygen atoms in total. The molecule has 1 aliphatic carbocycles. The number of aryl methyl sites for hydroxylation is 1. The number of aromatic nitrogens is 4. The van der Waals surface area contributed by atoms with E-state index in [1.807, 2.05) is 6.20 Å². The van der Waals surface area contributed by atoms with Crippen LogP contribution in [0.3, 0.4) is 0 Å². The van der Waals surface area contributed by atoms with Crippen molar-refractivity contribution in [2.45, 2.75) is 58.5 Å². The van der Waals surface area contributed by atoms with E-state index in [2.05, 4.69) is 37.4 Å². The number of halogens is 2. The van der Waals surface area contributed by atoms with E-state index in [4.69, 9.17) is 16.6 Å². The highest BCUT2D eigenvalue weighted by molar-refractivity contribution is 6.28. The van der Waals surface area contributed by atoms with Crippen molar-refractivity contribution in [1.82, 2.24) is 30.2 Å². The second-order valence-corrected chi connectivity index (χ2v) is 10.1. The lowest BCUT2D eigenvalue weighted by Gasteiger charge is -2.30. The van der Waals surface area contributed by atoms with E-state index in [1.165, 1.54) is 11.1 Å². The fourth-order valence-electron chi connectivity index (χ4n) is 5.80. The molecule has 35 heavy (non-hydrogen) atoms. The van der Waals surface area contributed by atoms with Crippen molar-refractivity contribution in [3.05, 3.63) is 50.7 Å². The van der Waals surface area contributed by atoms with Gasteiger partial charge in [0.2, 0.25) is 5.28 Å². The van der Waals surface area contributed by atoms with Gasteiger partial charge in [0.15, 0.2) is 0 Å². The van der Waals surface area contributed by atoms with Gasteiger partial charge in [0.1, 0.15) is 24.0 Å². The summed E-state index contributed by atoms with van der Waals surface area (Å²) >= 11 is 6.27. The molecule has 2 aliphatic heterocycles. The first-order chi connectivity index (χ1) is 16.9. The third-order valence-electron chi connectivity index (χ3n) is 7.37. The van der Waals surface area contributed by atoms with Crippen molar-refractivity contribution in [1.29, 1.82) is 0 Å². The van der Waals surface area contributed by atoms with Gasteiger partial charge in [-0.1, -0.05) is 0 Å². The first-order valence-electron chi connectivity index (χ1n) is 12.2. The Morgan fingerprint density at radius 2 is 2.09 bits per heavy atom. The number of aliphatic hydroxyl groups excluding tert-OH is 1. The number of nitrogens with zero attached hydrogens (tertiary/aromatic N) is 4. The normalized spacial score (nSPS) is 20.0. The summed E-state index contributed by atoms with van der Waals surface area (Å²) in [5.74, 6) is 1.32. The molecule has 6 rings (SSSR count). The molecule has 0 saturated carbocycles. The number of hydrogen-bond donors (Lipinski definition) is 4. The standard InChI is InChI=1S/C25H29ClFN7O/c1-12(27)10-34-8-6-17-16(11-34)23(33-25(26)31-17)32-22-13(2)19-14(9-29-22)3-4-15-20-18(30-21(15)19)5-7-28-24(20)35/h9,12,24,28,30,35H,3-8,10-11H2,1-2H3,(H,29,31,32,33). The number of H-pyrrole nitrogens is 1. The Morgan fingerprint density at radius 1 is 1.23 bits per heavy atom.